The number of rotatable bonds is 4. The number of halogens is 1. The fourth-order valence-corrected chi connectivity index (χ4v) is 1.50. The number of anilines is 1. The molecule has 0 aliphatic rings. The molecule has 0 aliphatic heterocycles. The molecule has 6 heteroatoms. The maximum absolute atomic E-state index is 5.66. The summed E-state index contributed by atoms with van der Waals surface area (Å²) < 4.78 is 10.9. The van der Waals surface area contributed by atoms with Gasteiger partial charge < -0.3 is 15.2 Å². The molecule has 1 heterocycles. The molecule has 0 amide bonds. The van der Waals surface area contributed by atoms with E-state index in [1.165, 1.54) is 0 Å². The van der Waals surface area contributed by atoms with E-state index in [1.807, 2.05) is 6.07 Å². The van der Waals surface area contributed by atoms with E-state index in [0.29, 0.717) is 12.2 Å². The van der Waals surface area contributed by atoms with Crippen molar-refractivity contribution in [3.8, 4) is 0 Å². The van der Waals surface area contributed by atoms with E-state index in [1.54, 1.807) is 14.2 Å². The highest BCUT2D eigenvalue weighted by Gasteiger charge is 2.10. The topological polar surface area (TPSA) is 70.3 Å². The second-order valence-electron chi connectivity index (χ2n) is 2.68. The first-order valence-corrected chi connectivity index (χ1v) is 5.08. The van der Waals surface area contributed by atoms with Crippen molar-refractivity contribution in [1.29, 1.82) is 0 Å². The van der Waals surface area contributed by atoms with E-state index in [4.69, 9.17) is 15.2 Å². The van der Waals surface area contributed by atoms with Crippen LogP contribution in [0.25, 0.3) is 0 Å². The Morgan fingerprint density at radius 3 is 2.64 bits per heavy atom. The van der Waals surface area contributed by atoms with Crippen LogP contribution in [0.4, 0.5) is 5.82 Å². The summed E-state index contributed by atoms with van der Waals surface area (Å²) in [4.78, 5) is 0. The Balaban J connectivity index is 2.79. The molecule has 0 fully saturated rings. The SMILES string of the molecule is COC(Cc1cc(I)nnc1N)OC. The van der Waals surface area contributed by atoms with E-state index in [9.17, 15) is 0 Å². The molecule has 0 saturated carbocycles. The molecule has 0 unspecified atom stereocenters. The summed E-state index contributed by atoms with van der Waals surface area (Å²) in [6.45, 7) is 0. The Morgan fingerprint density at radius 1 is 1.43 bits per heavy atom. The van der Waals surface area contributed by atoms with Crippen molar-refractivity contribution in [2.24, 2.45) is 0 Å². The predicted molar refractivity (Wildman–Crippen MR) is 60.7 cm³/mol. The monoisotopic (exact) mass is 309 g/mol. The van der Waals surface area contributed by atoms with Crippen molar-refractivity contribution in [3.05, 3.63) is 15.3 Å². The van der Waals surface area contributed by atoms with Crippen LogP contribution in [0.1, 0.15) is 5.56 Å². The molecule has 0 radical (unpaired) electrons. The summed E-state index contributed by atoms with van der Waals surface area (Å²) >= 11 is 2.08. The minimum absolute atomic E-state index is 0.294. The van der Waals surface area contributed by atoms with E-state index < -0.39 is 0 Å². The molecule has 2 N–H and O–H groups in total. The summed E-state index contributed by atoms with van der Waals surface area (Å²) in [6.07, 6.45) is 0.280. The minimum atomic E-state index is -0.294. The van der Waals surface area contributed by atoms with Crippen molar-refractivity contribution < 1.29 is 9.47 Å². The van der Waals surface area contributed by atoms with Crippen LogP contribution < -0.4 is 5.73 Å². The molecular formula is C8H12IN3O2. The molecule has 0 atom stereocenters. The van der Waals surface area contributed by atoms with Gasteiger partial charge in [0.05, 0.1) is 0 Å². The number of hydrogen-bond donors (Lipinski definition) is 1. The first-order valence-electron chi connectivity index (χ1n) is 4.00. The lowest BCUT2D eigenvalue weighted by atomic mass is 10.2. The van der Waals surface area contributed by atoms with Crippen LogP contribution >= 0.6 is 22.6 Å². The normalized spacial score (nSPS) is 10.9. The number of nitrogens with two attached hydrogens (primary N) is 1. The first kappa shape index (κ1) is 11.6. The molecule has 78 valence electrons. The van der Waals surface area contributed by atoms with Gasteiger partial charge in [0.2, 0.25) is 0 Å². The summed E-state index contributed by atoms with van der Waals surface area (Å²) in [5, 5.41) is 7.64. The van der Waals surface area contributed by atoms with Crippen molar-refractivity contribution in [3.63, 3.8) is 0 Å². The Morgan fingerprint density at radius 2 is 2.07 bits per heavy atom. The lowest BCUT2D eigenvalue weighted by molar-refractivity contribution is -0.100. The number of ether oxygens (including phenoxy) is 2. The highest BCUT2D eigenvalue weighted by Crippen LogP contribution is 2.13. The molecule has 0 aliphatic carbocycles. The number of nitrogen functional groups attached to an aromatic ring is 1. The van der Waals surface area contributed by atoms with Gasteiger partial charge in [-0.15, -0.1) is 10.2 Å². The molecule has 0 aromatic carbocycles. The molecular weight excluding hydrogens is 297 g/mol. The van der Waals surface area contributed by atoms with Crippen LogP contribution in [0, 0.1) is 3.70 Å². The van der Waals surface area contributed by atoms with E-state index in [-0.39, 0.29) is 6.29 Å². The van der Waals surface area contributed by atoms with Gasteiger partial charge in [0.1, 0.15) is 9.52 Å². The lowest BCUT2D eigenvalue weighted by Crippen LogP contribution is -2.17. The van der Waals surface area contributed by atoms with Gasteiger partial charge in [-0.1, -0.05) is 0 Å². The fraction of sp³-hybridized carbons (Fsp3) is 0.500. The van der Waals surface area contributed by atoms with Crippen LogP contribution in [0.5, 0.6) is 0 Å². The fourth-order valence-electron chi connectivity index (χ4n) is 1.02. The van der Waals surface area contributed by atoms with Gasteiger partial charge in [-0.25, -0.2) is 0 Å². The van der Waals surface area contributed by atoms with E-state index >= 15 is 0 Å². The third kappa shape index (κ3) is 3.03. The summed E-state index contributed by atoms with van der Waals surface area (Å²) in [6, 6.07) is 1.87. The van der Waals surface area contributed by atoms with Gasteiger partial charge in [0, 0.05) is 26.2 Å². The predicted octanol–water partition coefficient (Wildman–Crippen LogP) is 0.825. The zero-order chi connectivity index (χ0) is 10.6. The Bertz CT molecular complexity index is 305. The molecule has 0 bridgehead atoms. The second-order valence-corrected chi connectivity index (χ2v) is 3.79. The third-order valence-electron chi connectivity index (χ3n) is 1.79. The zero-order valence-corrected chi connectivity index (χ0v) is 10.2. The second kappa shape index (κ2) is 5.42. The Kier molecular flexibility index (Phi) is 4.49. The van der Waals surface area contributed by atoms with Crippen LogP contribution in [0.3, 0.4) is 0 Å². The zero-order valence-electron chi connectivity index (χ0n) is 8.03. The van der Waals surface area contributed by atoms with Crippen molar-refractivity contribution in [2.45, 2.75) is 12.7 Å². The maximum atomic E-state index is 5.66. The number of methoxy groups -OCH3 is 2. The quantitative estimate of drug-likeness (QED) is 0.659. The van der Waals surface area contributed by atoms with Crippen LogP contribution in [-0.2, 0) is 15.9 Å². The molecule has 0 spiro atoms. The van der Waals surface area contributed by atoms with Gasteiger partial charge in [0.25, 0.3) is 0 Å². The maximum Gasteiger partial charge on any atom is 0.160 e. The highest BCUT2D eigenvalue weighted by molar-refractivity contribution is 14.1. The number of aromatic nitrogens is 2. The van der Waals surface area contributed by atoms with Crippen molar-refractivity contribution in [1.82, 2.24) is 10.2 Å². The van der Waals surface area contributed by atoms with Crippen molar-refractivity contribution in [2.75, 3.05) is 20.0 Å². The standard InChI is InChI=1S/C8H12IN3O2/c1-13-7(14-2)4-5-3-6(9)11-12-8(5)10/h3,7H,4H2,1-2H3,(H2,10,12). The van der Waals surface area contributed by atoms with Gasteiger partial charge in [-0.05, 0) is 28.7 Å². The summed E-state index contributed by atoms with van der Waals surface area (Å²) in [7, 11) is 3.17. The van der Waals surface area contributed by atoms with Gasteiger partial charge >= 0.3 is 0 Å². The van der Waals surface area contributed by atoms with Gasteiger partial charge in [-0.2, -0.15) is 0 Å². The molecule has 1 rings (SSSR count). The van der Waals surface area contributed by atoms with Crippen molar-refractivity contribution >= 4 is 28.4 Å². The Hall–Kier alpha value is -0.470. The molecule has 1 aromatic rings. The van der Waals surface area contributed by atoms with Crippen LogP contribution in [0.15, 0.2) is 6.07 Å². The molecule has 1 aromatic heterocycles. The highest BCUT2D eigenvalue weighted by atomic mass is 127. The third-order valence-corrected chi connectivity index (χ3v) is 2.32. The largest absolute Gasteiger partial charge is 0.382 e. The van der Waals surface area contributed by atoms with E-state index in [0.717, 1.165) is 9.26 Å². The van der Waals surface area contributed by atoms with Gasteiger partial charge in [0.15, 0.2) is 6.29 Å². The first-order chi connectivity index (χ1) is 6.67. The molecule has 0 saturated heterocycles. The summed E-state index contributed by atoms with van der Waals surface area (Å²) in [5.41, 5.74) is 6.55. The lowest BCUT2D eigenvalue weighted by Gasteiger charge is -2.13. The molecule has 5 nitrogen and oxygen atoms in total. The van der Waals surface area contributed by atoms with Crippen LogP contribution in [-0.4, -0.2) is 30.7 Å². The van der Waals surface area contributed by atoms with E-state index in [2.05, 4.69) is 32.8 Å². The van der Waals surface area contributed by atoms with Gasteiger partial charge in [-0.3, -0.25) is 0 Å². The van der Waals surface area contributed by atoms with Crippen LogP contribution in [0.2, 0.25) is 0 Å². The number of nitrogens with zero attached hydrogens (tertiary/aromatic N) is 2. The smallest absolute Gasteiger partial charge is 0.160 e. The number of hydrogen-bond acceptors (Lipinski definition) is 5. The minimum Gasteiger partial charge on any atom is -0.382 e. The molecule has 14 heavy (non-hydrogen) atoms. The average molecular weight is 309 g/mol. The Labute approximate surface area is 96.1 Å². The summed E-state index contributed by atoms with van der Waals surface area (Å²) in [5.74, 6) is 0.421. The average Bonchev–Trinajstić information content (AvgIpc) is 2.19.